The van der Waals surface area contributed by atoms with Crippen LogP contribution in [0, 0.1) is 5.21 Å². The molecule has 8 heteroatoms. The fourth-order valence-electron chi connectivity index (χ4n) is 3.29. The fraction of sp³-hybridized carbons (Fsp3) is 0.100. The van der Waals surface area contributed by atoms with Crippen LogP contribution in [-0.2, 0) is 14.7 Å². The molecule has 1 N–H and O–H groups in total. The maximum atomic E-state index is 13.9. The van der Waals surface area contributed by atoms with E-state index in [9.17, 15) is 13.6 Å². The summed E-state index contributed by atoms with van der Waals surface area (Å²) < 4.78 is 27.7. The first-order chi connectivity index (χ1) is 12.8. The normalized spacial score (nSPS) is 14.6. The molecular formula is C20H17Cl3NO3S-. The van der Waals surface area contributed by atoms with Gasteiger partial charge in [0, 0.05) is 5.56 Å². The number of halogens is 3. The minimum Gasteiger partial charge on any atom is -1.00 e. The Morgan fingerprint density at radius 3 is 1.75 bits per heavy atom. The molecule has 0 aliphatic heterocycles. The molecule has 0 heterocycles. The van der Waals surface area contributed by atoms with E-state index in [0.717, 1.165) is 0 Å². The predicted octanol–water partition coefficient (Wildman–Crippen LogP) is 0.685. The SMILES string of the molecule is C[NH+]([O-])C(c1ccccc1)(c1c(Cl)cccc1Cl)S(=O)(=O)c1ccccc1.[Cl-]. The van der Waals surface area contributed by atoms with Crippen molar-refractivity contribution in [2.75, 3.05) is 7.05 Å². The van der Waals surface area contributed by atoms with Gasteiger partial charge in [0.15, 0.2) is 0 Å². The van der Waals surface area contributed by atoms with Crippen molar-refractivity contribution >= 4 is 33.0 Å². The second kappa shape index (κ2) is 8.82. The first-order valence-electron chi connectivity index (χ1n) is 8.14. The van der Waals surface area contributed by atoms with E-state index in [2.05, 4.69) is 0 Å². The van der Waals surface area contributed by atoms with Crippen LogP contribution in [0.15, 0.2) is 83.8 Å². The van der Waals surface area contributed by atoms with Gasteiger partial charge in [-0.1, -0.05) is 77.8 Å². The summed E-state index contributed by atoms with van der Waals surface area (Å²) in [5.41, 5.74) is 0.354. The molecule has 3 rings (SSSR count). The largest absolute Gasteiger partial charge is 1.00 e. The van der Waals surface area contributed by atoms with E-state index in [-0.39, 0.29) is 38.5 Å². The maximum absolute atomic E-state index is 13.9. The van der Waals surface area contributed by atoms with Crippen LogP contribution >= 0.6 is 23.2 Å². The third kappa shape index (κ3) is 3.54. The third-order valence-corrected chi connectivity index (χ3v) is 7.50. The Morgan fingerprint density at radius 1 is 0.821 bits per heavy atom. The van der Waals surface area contributed by atoms with Gasteiger partial charge in [0.05, 0.1) is 27.6 Å². The molecule has 148 valence electrons. The molecule has 0 saturated heterocycles. The van der Waals surface area contributed by atoms with Crippen molar-refractivity contribution in [3.8, 4) is 0 Å². The van der Waals surface area contributed by atoms with Gasteiger partial charge in [0.2, 0.25) is 9.84 Å². The number of hydrogen-bond acceptors (Lipinski definition) is 3. The van der Waals surface area contributed by atoms with Crippen molar-refractivity contribution in [1.82, 2.24) is 0 Å². The summed E-state index contributed by atoms with van der Waals surface area (Å²) in [5, 5.41) is 12.7. The van der Waals surface area contributed by atoms with Gasteiger partial charge in [0.25, 0.3) is 4.87 Å². The van der Waals surface area contributed by atoms with E-state index in [1.54, 1.807) is 54.6 Å². The minimum absolute atomic E-state index is 0. The van der Waals surface area contributed by atoms with Crippen LogP contribution in [0.25, 0.3) is 0 Å². The summed E-state index contributed by atoms with van der Waals surface area (Å²) in [7, 11) is -2.99. The summed E-state index contributed by atoms with van der Waals surface area (Å²) in [5.74, 6) is 0. The van der Waals surface area contributed by atoms with Gasteiger partial charge >= 0.3 is 0 Å². The molecule has 0 aliphatic carbocycles. The number of benzene rings is 3. The highest BCUT2D eigenvalue weighted by Crippen LogP contribution is 2.43. The van der Waals surface area contributed by atoms with Crippen molar-refractivity contribution in [2.45, 2.75) is 9.77 Å². The highest BCUT2D eigenvalue weighted by Gasteiger charge is 2.55. The topological polar surface area (TPSA) is 61.6 Å². The minimum atomic E-state index is -4.23. The Morgan fingerprint density at radius 2 is 1.29 bits per heavy atom. The zero-order valence-corrected chi connectivity index (χ0v) is 17.9. The molecule has 3 aromatic rings. The molecular weight excluding hydrogens is 441 g/mol. The van der Waals surface area contributed by atoms with Gasteiger partial charge in [-0.3, -0.25) is 0 Å². The predicted molar refractivity (Wildman–Crippen MR) is 108 cm³/mol. The molecule has 0 fully saturated rings. The average molecular weight is 458 g/mol. The lowest BCUT2D eigenvalue weighted by atomic mass is 9.97. The van der Waals surface area contributed by atoms with Gasteiger partial charge in [-0.15, -0.1) is 0 Å². The number of hydroxylamine groups is 2. The maximum Gasteiger partial charge on any atom is 0.257 e. The van der Waals surface area contributed by atoms with Crippen LogP contribution in [-0.4, -0.2) is 15.5 Å². The third-order valence-electron chi connectivity index (χ3n) is 4.45. The van der Waals surface area contributed by atoms with E-state index in [4.69, 9.17) is 23.2 Å². The second-order valence-electron chi connectivity index (χ2n) is 6.02. The van der Waals surface area contributed by atoms with E-state index in [0.29, 0.717) is 0 Å². The monoisotopic (exact) mass is 456 g/mol. The molecule has 0 saturated carbocycles. The molecule has 2 unspecified atom stereocenters. The first kappa shape index (κ1) is 22.7. The van der Waals surface area contributed by atoms with E-state index in [1.165, 1.54) is 31.3 Å². The van der Waals surface area contributed by atoms with Gasteiger partial charge in [-0.05, 0) is 24.3 Å². The van der Waals surface area contributed by atoms with Crippen molar-refractivity contribution in [2.24, 2.45) is 0 Å². The summed E-state index contributed by atoms with van der Waals surface area (Å²) in [4.78, 5) is -2.05. The van der Waals surface area contributed by atoms with Gasteiger partial charge < -0.3 is 22.7 Å². The fourth-order valence-corrected chi connectivity index (χ4v) is 6.26. The summed E-state index contributed by atoms with van der Waals surface area (Å²) in [6.07, 6.45) is 0. The van der Waals surface area contributed by atoms with Crippen molar-refractivity contribution < 1.29 is 25.9 Å². The molecule has 0 amide bonds. The summed E-state index contributed by atoms with van der Waals surface area (Å²) in [6.45, 7) is 0. The van der Waals surface area contributed by atoms with Crippen LogP contribution in [0.4, 0.5) is 0 Å². The standard InChI is InChI=1S/C20H17Cl2NO3S.ClH/c1-23(24)20(15-9-4-2-5-10-15,19-17(21)13-8-14-18(19)22)27(25,26)16-11-6-3-7-12-16;/h2-14,23H,1H3;1H/p-1. The lowest BCUT2D eigenvalue weighted by molar-refractivity contribution is -0.867. The Kier molecular flexibility index (Phi) is 7.15. The molecule has 0 spiro atoms. The number of sulfone groups is 1. The molecule has 0 aliphatic rings. The van der Waals surface area contributed by atoms with E-state index in [1.807, 2.05) is 0 Å². The number of hydrogen-bond donors (Lipinski definition) is 1. The molecule has 0 bridgehead atoms. The Hall–Kier alpha value is -1.60. The zero-order valence-electron chi connectivity index (χ0n) is 14.8. The van der Waals surface area contributed by atoms with Crippen molar-refractivity contribution in [1.29, 1.82) is 0 Å². The van der Waals surface area contributed by atoms with Crippen molar-refractivity contribution in [3.63, 3.8) is 0 Å². The van der Waals surface area contributed by atoms with Crippen LogP contribution in [0.3, 0.4) is 0 Å². The zero-order chi connectivity index (χ0) is 19.7. The van der Waals surface area contributed by atoms with Crippen LogP contribution in [0.2, 0.25) is 10.0 Å². The highest BCUT2D eigenvalue weighted by atomic mass is 35.5. The van der Waals surface area contributed by atoms with Gasteiger partial charge in [0.1, 0.15) is 0 Å². The summed E-state index contributed by atoms with van der Waals surface area (Å²) in [6, 6.07) is 20.8. The second-order valence-corrected chi connectivity index (χ2v) is 8.92. The smallest absolute Gasteiger partial charge is 0.257 e. The number of rotatable bonds is 5. The Labute approximate surface area is 180 Å². The molecule has 4 nitrogen and oxygen atoms in total. The Balaban J connectivity index is 0.00000280. The van der Waals surface area contributed by atoms with Crippen LogP contribution in [0.1, 0.15) is 11.1 Å². The van der Waals surface area contributed by atoms with Gasteiger partial charge in [-0.25, -0.2) is 8.42 Å². The average Bonchev–Trinajstić information content (AvgIpc) is 2.66. The number of quaternary nitrogens is 1. The van der Waals surface area contributed by atoms with Crippen LogP contribution in [0.5, 0.6) is 0 Å². The highest BCUT2D eigenvalue weighted by molar-refractivity contribution is 7.92. The van der Waals surface area contributed by atoms with E-state index >= 15 is 0 Å². The molecule has 3 aromatic carbocycles. The molecule has 28 heavy (non-hydrogen) atoms. The number of nitrogens with one attached hydrogen (secondary N) is 1. The van der Waals surface area contributed by atoms with Crippen molar-refractivity contribution in [3.05, 3.63) is 105 Å². The van der Waals surface area contributed by atoms with Gasteiger partial charge in [-0.2, -0.15) is 0 Å². The Bertz CT molecular complexity index is 1020. The summed E-state index contributed by atoms with van der Waals surface area (Å²) >= 11 is 12.8. The quantitative estimate of drug-likeness (QED) is 0.573. The first-order valence-corrected chi connectivity index (χ1v) is 10.4. The molecule has 0 aromatic heterocycles. The lowest BCUT2D eigenvalue weighted by Gasteiger charge is -2.41. The van der Waals surface area contributed by atoms with Crippen LogP contribution < -0.4 is 17.5 Å². The molecule has 0 radical (unpaired) electrons. The molecule has 2 atom stereocenters. The van der Waals surface area contributed by atoms with E-state index < -0.39 is 19.8 Å². The lowest BCUT2D eigenvalue weighted by Crippen LogP contribution is -3.13.